The van der Waals surface area contributed by atoms with Gasteiger partial charge in [0.25, 0.3) is 0 Å². The number of aryl methyl sites for hydroxylation is 1. The Morgan fingerprint density at radius 1 is 1.23 bits per heavy atom. The number of pyridine rings is 1. The highest BCUT2D eigenvalue weighted by Crippen LogP contribution is 2.42. The molecule has 2 aromatic rings. The van der Waals surface area contributed by atoms with Crippen molar-refractivity contribution in [3.8, 4) is 11.5 Å². The third-order valence-electron chi connectivity index (χ3n) is 4.87. The van der Waals surface area contributed by atoms with Crippen LogP contribution in [0.5, 0.6) is 11.5 Å². The summed E-state index contributed by atoms with van der Waals surface area (Å²) in [4.78, 5) is 20.9. The minimum atomic E-state index is -3.70. The minimum absolute atomic E-state index is 0.0529. The standard InChI is InChI=1S/C20H22F2N6O3/c1-12-10-13(7-9-24-12)18-26-19(27-28(18)3,8-6-17(29)23-2)25-14-4-5-15-16(11-14)31-20(21,22)30-15/h4-5,7,9-11,25,27H,6,8H2,1-3H3,(H,23,29). The summed E-state index contributed by atoms with van der Waals surface area (Å²) in [5, 5.41) is 7.55. The van der Waals surface area contributed by atoms with Crippen molar-refractivity contribution in [2.45, 2.75) is 31.8 Å². The normalized spacial score (nSPS) is 21.1. The predicted octanol–water partition coefficient (Wildman–Crippen LogP) is 2.20. The van der Waals surface area contributed by atoms with Crippen LogP contribution in [0.4, 0.5) is 14.5 Å². The van der Waals surface area contributed by atoms with Crippen LogP contribution in [0.2, 0.25) is 0 Å². The summed E-state index contributed by atoms with van der Waals surface area (Å²) in [6.07, 6.45) is -1.54. The highest BCUT2D eigenvalue weighted by Gasteiger charge is 2.44. The van der Waals surface area contributed by atoms with Crippen molar-refractivity contribution in [1.29, 1.82) is 0 Å². The first-order chi connectivity index (χ1) is 14.7. The summed E-state index contributed by atoms with van der Waals surface area (Å²) in [6.45, 7) is 1.88. The first-order valence-electron chi connectivity index (χ1n) is 9.62. The Balaban J connectivity index is 1.66. The number of hydrazine groups is 1. The number of alkyl halides is 2. The number of carbonyl (C=O) groups is 1. The van der Waals surface area contributed by atoms with E-state index in [-0.39, 0.29) is 30.2 Å². The Morgan fingerprint density at radius 3 is 2.74 bits per heavy atom. The number of anilines is 1. The van der Waals surface area contributed by atoms with Gasteiger partial charge in [-0.2, -0.15) is 5.43 Å². The van der Waals surface area contributed by atoms with Gasteiger partial charge in [-0.1, -0.05) is 0 Å². The van der Waals surface area contributed by atoms with Gasteiger partial charge in [0.05, 0.1) is 0 Å². The van der Waals surface area contributed by atoms with Crippen molar-refractivity contribution in [3.05, 3.63) is 47.8 Å². The van der Waals surface area contributed by atoms with E-state index in [1.54, 1.807) is 31.4 Å². The lowest BCUT2D eigenvalue weighted by molar-refractivity contribution is -0.286. The highest BCUT2D eigenvalue weighted by molar-refractivity contribution is 5.99. The Morgan fingerprint density at radius 2 is 2.00 bits per heavy atom. The number of amidine groups is 1. The number of nitrogens with zero attached hydrogens (tertiary/aromatic N) is 3. The van der Waals surface area contributed by atoms with E-state index in [1.165, 1.54) is 12.1 Å². The fourth-order valence-electron chi connectivity index (χ4n) is 3.47. The van der Waals surface area contributed by atoms with Gasteiger partial charge in [0.2, 0.25) is 11.7 Å². The second-order valence-corrected chi connectivity index (χ2v) is 7.28. The summed E-state index contributed by atoms with van der Waals surface area (Å²) in [5.74, 6) is -0.745. The fraction of sp³-hybridized carbons (Fsp3) is 0.350. The Bertz CT molecular complexity index is 1050. The van der Waals surface area contributed by atoms with E-state index in [0.717, 1.165) is 11.3 Å². The molecule has 1 aromatic carbocycles. The van der Waals surface area contributed by atoms with E-state index < -0.39 is 12.1 Å². The van der Waals surface area contributed by atoms with E-state index in [2.05, 4.69) is 30.5 Å². The number of aliphatic imine (C=N–C) groups is 1. The molecule has 31 heavy (non-hydrogen) atoms. The van der Waals surface area contributed by atoms with Gasteiger partial charge in [0.1, 0.15) is 5.84 Å². The number of amides is 1. The lowest BCUT2D eigenvalue weighted by atomic mass is 10.1. The molecule has 0 aliphatic carbocycles. The molecule has 4 rings (SSSR count). The second kappa shape index (κ2) is 7.65. The van der Waals surface area contributed by atoms with E-state index in [4.69, 9.17) is 4.99 Å². The van der Waals surface area contributed by atoms with Gasteiger partial charge in [-0.05, 0) is 31.2 Å². The van der Waals surface area contributed by atoms with Gasteiger partial charge in [0, 0.05) is 56.1 Å². The van der Waals surface area contributed by atoms with Crippen LogP contribution in [0.25, 0.3) is 0 Å². The summed E-state index contributed by atoms with van der Waals surface area (Å²) < 4.78 is 35.7. The molecule has 164 valence electrons. The average Bonchev–Trinajstić information content (AvgIpc) is 3.20. The number of ether oxygens (including phenoxy) is 2. The molecule has 1 amide bonds. The lowest BCUT2D eigenvalue weighted by Crippen LogP contribution is -2.52. The topological polar surface area (TPSA) is 100 Å². The number of rotatable bonds is 6. The number of fused-ring (bicyclic) bond motifs is 1. The number of carbonyl (C=O) groups excluding carboxylic acids is 1. The van der Waals surface area contributed by atoms with Crippen LogP contribution in [-0.2, 0) is 4.79 Å². The maximum Gasteiger partial charge on any atom is 0.586 e. The largest absolute Gasteiger partial charge is 0.586 e. The number of benzene rings is 1. The van der Waals surface area contributed by atoms with Crippen LogP contribution in [-0.4, -0.2) is 47.9 Å². The molecule has 9 nitrogen and oxygen atoms in total. The minimum Gasteiger partial charge on any atom is -0.395 e. The molecule has 0 saturated carbocycles. The maximum absolute atomic E-state index is 13.4. The molecule has 0 radical (unpaired) electrons. The van der Waals surface area contributed by atoms with E-state index >= 15 is 0 Å². The number of halogens is 2. The number of hydrogen-bond acceptors (Lipinski definition) is 8. The monoisotopic (exact) mass is 432 g/mol. The van der Waals surface area contributed by atoms with Crippen molar-refractivity contribution in [2.75, 3.05) is 19.4 Å². The van der Waals surface area contributed by atoms with Crippen LogP contribution in [0.1, 0.15) is 24.1 Å². The number of aromatic nitrogens is 1. The molecule has 2 aliphatic rings. The summed E-state index contributed by atoms with van der Waals surface area (Å²) >= 11 is 0. The molecular formula is C20H22F2N6O3. The molecule has 0 saturated heterocycles. The predicted molar refractivity (Wildman–Crippen MR) is 109 cm³/mol. The van der Waals surface area contributed by atoms with Crippen LogP contribution in [0, 0.1) is 6.92 Å². The Kier molecular flexibility index (Phi) is 5.13. The average molecular weight is 432 g/mol. The molecule has 2 aliphatic heterocycles. The van der Waals surface area contributed by atoms with Crippen molar-refractivity contribution >= 4 is 17.4 Å². The molecule has 1 aromatic heterocycles. The zero-order valence-electron chi connectivity index (χ0n) is 17.2. The van der Waals surface area contributed by atoms with Crippen LogP contribution in [0.15, 0.2) is 41.5 Å². The summed E-state index contributed by atoms with van der Waals surface area (Å²) in [5.41, 5.74) is 5.39. The van der Waals surface area contributed by atoms with Crippen molar-refractivity contribution in [3.63, 3.8) is 0 Å². The van der Waals surface area contributed by atoms with Crippen molar-refractivity contribution in [1.82, 2.24) is 20.7 Å². The van der Waals surface area contributed by atoms with Gasteiger partial charge >= 0.3 is 6.29 Å². The third kappa shape index (κ3) is 4.36. The molecule has 0 fully saturated rings. The van der Waals surface area contributed by atoms with E-state index in [1.807, 2.05) is 19.1 Å². The molecule has 11 heteroatoms. The zero-order valence-corrected chi connectivity index (χ0v) is 17.2. The van der Waals surface area contributed by atoms with Crippen LogP contribution in [0.3, 0.4) is 0 Å². The lowest BCUT2D eigenvalue weighted by Gasteiger charge is -2.30. The number of hydrogen-bond donors (Lipinski definition) is 3. The third-order valence-corrected chi connectivity index (χ3v) is 4.87. The van der Waals surface area contributed by atoms with Crippen molar-refractivity contribution < 1.29 is 23.0 Å². The van der Waals surface area contributed by atoms with Crippen LogP contribution < -0.4 is 25.5 Å². The first-order valence-corrected chi connectivity index (χ1v) is 9.62. The molecule has 0 spiro atoms. The van der Waals surface area contributed by atoms with Crippen molar-refractivity contribution in [2.24, 2.45) is 4.99 Å². The van der Waals surface area contributed by atoms with Gasteiger partial charge in [-0.15, -0.1) is 8.78 Å². The Hall–Kier alpha value is -3.47. The zero-order chi connectivity index (χ0) is 22.2. The molecular weight excluding hydrogens is 410 g/mol. The van der Waals surface area contributed by atoms with Gasteiger partial charge in [-0.3, -0.25) is 14.8 Å². The molecule has 3 N–H and O–H groups in total. The summed E-state index contributed by atoms with van der Waals surface area (Å²) in [7, 11) is 3.36. The molecule has 1 atom stereocenters. The number of nitrogens with one attached hydrogen (secondary N) is 3. The smallest absolute Gasteiger partial charge is 0.395 e. The van der Waals surface area contributed by atoms with Gasteiger partial charge in [-0.25, -0.2) is 4.99 Å². The fourth-order valence-corrected chi connectivity index (χ4v) is 3.47. The second-order valence-electron chi connectivity index (χ2n) is 7.28. The molecule has 0 bridgehead atoms. The van der Waals surface area contributed by atoms with Crippen LogP contribution >= 0.6 is 0 Å². The van der Waals surface area contributed by atoms with Gasteiger partial charge < -0.3 is 20.1 Å². The maximum atomic E-state index is 13.4. The Labute approximate surface area is 177 Å². The SMILES string of the molecule is CNC(=O)CCC1(Nc2ccc3c(c2)OC(F)(F)O3)N=C(c2ccnc(C)c2)N(C)N1. The van der Waals surface area contributed by atoms with E-state index in [9.17, 15) is 13.6 Å². The first kappa shape index (κ1) is 20.8. The molecule has 3 heterocycles. The quantitative estimate of drug-likeness (QED) is 0.644. The van der Waals surface area contributed by atoms with Gasteiger partial charge in [0.15, 0.2) is 11.5 Å². The molecule has 1 unspecified atom stereocenters. The summed E-state index contributed by atoms with van der Waals surface area (Å²) in [6, 6.07) is 8.11. The highest BCUT2D eigenvalue weighted by atomic mass is 19.3. The van der Waals surface area contributed by atoms with E-state index in [0.29, 0.717) is 11.5 Å².